The largest absolute Gasteiger partial charge is 0.465 e. The van der Waals surface area contributed by atoms with Crippen LogP contribution < -0.4 is 0 Å². The van der Waals surface area contributed by atoms with Crippen LogP contribution in [0.3, 0.4) is 0 Å². The van der Waals surface area contributed by atoms with Gasteiger partial charge in [0.1, 0.15) is 12.7 Å². The molecule has 2 aliphatic heterocycles. The van der Waals surface area contributed by atoms with Crippen LogP contribution in [-0.4, -0.2) is 40.9 Å². The minimum Gasteiger partial charge on any atom is -0.465 e. The Morgan fingerprint density at radius 3 is 2.81 bits per heavy atom. The Morgan fingerprint density at radius 2 is 2.19 bits per heavy atom. The van der Waals surface area contributed by atoms with Crippen LogP contribution in [0.2, 0.25) is 0 Å². The molecule has 90 valence electrons. The first kappa shape index (κ1) is 11.9. The van der Waals surface area contributed by atoms with Gasteiger partial charge in [-0.05, 0) is 13.8 Å². The van der Waals surface area contributed by atoms with E-state index < -0.39 is 11.9 Å². The maximum Gasteiger partial charge on any atom is 0.302 e. The predicted octanol–water partition coefficient (Wildman–Crippen LogP) is 0.712. The van der Waals surface area contributed by atoms with Gasteiger partial charge < -0.3 is 14.2 Å². The molecule has 0 saturated carbocycles. The molecule has 0 radical (unpaired) electrons. The molecule has 0 aromatic rings. The van der Waals surface area contributed by atoms with Crippen molar-refractivity contribution in [2.75, 3.05) is 6.61 Å². The Bertz CT molecular complexity index is 327. The third kappa shape index (κ3) is 2.23. The highest BCUT2D eigenvalue weighted by Gasteiger charge is 2.54. The van der Waals surface area contributed by atoms with Crippen molar-refractivity contribution >= 4 is 22.8 Å². The molecule has 0 amide bonds. The molecule has 0 bridgehead atoms. The molecular weight excluding hydrogens is 232 g/mol. The topological polar surface area (TPSA) is 61.8 Å². The van der Waals surface area contributed by atoms with Gasteiger partial charge in [0.15, 0.2) is 11.9 Å². The molecule has 0 spiro atoms. The summed E-state index contributed by atoms with van der Waals surface area (Å²) >= 11 is 1.13. The lowest BCUT2D eigenvalue weighted by Crippen LogP contribution is -2.31. The zero-order valence-electron chi connectivity index (χ0n) is 9.39. The zero-order chi connectivity index (χ0) is 11.9. The first-order valence-electron chi connectivity index (χ1n) is 5.08. The molecule has 0 aromatic heterocycles. The van der Waals surface area contributed by atoms with E-state index in [-0.39, 0.29) is 29.0 Å². The fourth-order valence-corrected chi connectivity index (χ4v) is 2.94. The Hall–Kier alpha value is -0.590. The summed E-state index contributed by atoms with van der Waals surface area (Å²) in [4.78, 5) is 22.3. The second-order valence-electron chi connectivity index (χ2n) is 4.30. The minimum absolute atomic E-state index is 0.0484. The van der Waals surface area contributed by atoms with Crippen LogP contribution in [0.4, 0.5) is 0 Å². The van der Waals surface area contributed by atoms with E-state index in [1.165, 1.54) is 6.92 Å². The molecule has 2 saturated heterocycles. The van der Waals surface area contributed by atoms with Crippen LogP contribution in [0, 0.1) is 0 Å². The molecule has 5 nitrogen and oxygen atoms in total. The smallest absolute Gasteiger partial charge is 0.302 e. The summed E-state index contributed by atoms with van der Waals surface area (Å²) in [5.74, 6) is -1.09. The van der Waals surface area contributed by atoms with Crippen molar-refractivity contribution in [2.24, 2.45) is 0 Å². The van der Waals surface area contributed by atoms with Gasteiger partial charge in [-0.3, -0.25) is 9.59 Å². The van der Waals surface area contributed by atoms with Crippen LogP contribution in [0.1, 0.15) is 20.8 Å². The van der Waals surface area contributed by atoms with Gasteiger partial charge in [-0.2, -0.15) is 0 Å². The molecule has 2 fully saturated rings. The van der Waals surface area contributed by atoms with Crippen LogP contribution in [-0.2, 0) is 23.8 Å². The Morgan fingerprint density at radius 1 is 1.50 bits per heavy atom. The van der Waals surface area contributed by atoms with Crippen molar-refractivity contribution in [1.82, 2.24) is 0 Å². The van der Waals surface area contributed by atoms with E-state index in [0.717, 1.165) is 11.8 Å². The Labute approximate surface area is 97.8 Å². The molecule has 0 aromatic carbocycles. The van der Waals surface area contributed by atoms with Crippen molar-refractivity contribution < 1.29 is 23.8 Å². The highest BCUT2D eigenvalue weighted by atomic mass is 32.2. The molecule has 0 N–H and O–H groups in total. The highest BCUT2D eigenvalue weighted by Crippen LogP contribution is 2.42. The summed E-state index contributed by atoms with van der Waals surface area (Å²) in [6.45, 7) is 5.07. The second-order valence-corrected chi connectivity index (χ2v) is 5.54. The van der Waals surface area contributed by atoms with Gasteiger partial charge in [0.2, 0.25) is 5.12 Å². The lowest BCUT2D eigenvalue weighted by atomic mass is 10.2. The van der Waals surface area contributed by atoms with Crippen molar-refractivity contribution in [3.8, 4) is 0 Å². The molecule has 2 heterocycles. The number of carbonyl (C=O) groups excluding carboxylic acids is 2. The summed E-state index contributed by atoms with van der Waals surface area (Å²) in [5.41, 5.74) is 0. The molecule has 0 unspecified atom stereocenters. The first-order valence-corrected chi connectivity index (χ1v) is 5.96. The normalized spacial score (nSPS) is 36.2. The summed E-state index contributed by atoms with van der Waals surface area (Å²) < 4.78 is 16.0. The summed E-state index contributed by atoms with van der Waals surface area (Å²) in [5, 5.41) is -0.212. The quantitative estimate of drug-likeness (QED) is 0.669. The molecule has 2 aliphatic rings. The number of hydrogen-bond donors (Lipinski definition) is 0. The van der Waals surface area contributed by atoms with Crippen LogP contribution in [0.25, 0.3) is 0 Å². The monoisotopic (exact) mass is 246 g/mol. The van der Waals surface area contributed by atoms with Crippen molar-refractivity contribution in [3.05, 3.63) is 0 Å². The molecule has 6 heteroatoms. The highest BCUT2D eigenvalue weighted by molar-refractivity contribution is 8.14. The number of esters is 1. The molecule has 16 heavy (non-hydrogen) atoms. The third-order valence-corrected chi connectivity index (χ3v) is 3.62. The van der Waals surface area contributed by atoms with E-state index >= 15 is 0 Å². The number of ether oxygens (including phenoxy) is 3. The zero-order valence-corrected chi connectivity index (χ0v) is 10.2. The lowest BCUT2D eigenvalue weighted by molar-refractivity contribution is -0.154. The van der Waals surface area contributed by atoms with E-state index in [9.17, 15) is 9.59 Å². The standard InChI is InChI=1S/C10H14O5S/c1-5(11)13-4-6-7-8(9(12)16-6)15-10(2,3)14-7/h6-8H,4H2,1-3H3/t6-,7+,8+/m0/s1. The van der Waals surface area contributed by atoms with Gasteiger partial charge in [0.25, 0.3) is 0 Å². The minimum atomic E-state index is -0.736. The van der Waals surface area contributed by atoms with Gasteiger partial charge in [0, 0.05) is 6.92 Å². The molecule has 3 atom stereocenters. The van der Waals surface area contributed by atoms with Crippen LogP contribution in [0.15, 0.2) is 0 Å². The van der Waals surface area contributed by atoms with Gasteiger partial charge in [-0.25, -0.2) is 0 Å². The van der Waals surface area contributed by atoms with E-state index in [0.29, 0.717) is 0 Å². The van der Waals surface area contributed by atoms with Crippen LogP contribution in [0.5, 0.6) is 0 Å². The third-order valence-electron chi connectivity index (χ3n) is 2.45. The van der Waals surface area contributed by atoms with E-state index in [4.69, 9.17) is 14.2 Å². The number of hydrogen-bond acceptors (Lipinski definition) is 6. The number of rotatable bonds is 2. The van der Waals surface area contributed by atoms with Gasteiger partial charge in [-0.1, -0.05) is 11.8 Å². The van der Waals surface area contributed by atoms with Gasteiger partial charge >= 0.3 is 5.97 Å². The SMILES string of the molecule is CC(=O)OC[C@@H]1SC(=O)[C@@H]2OC(C)(C)O[C@H]12. The average Bonchev–Trinajstić information content (AvgIpc) is 2.59. The van der Waals surface area contributed by atoms with Crippen molar-refractivity contribution in [1.29, 1.82) is 0 Å². The van der Waals surface area contributed by atoms with E-state index in [1.54, 1.807) is 13.8 Å². The average molecular weight is 246 g/mol. The summed E-state index contributed by atoms with van der Waals surface area (Å²) in [6.07, 6.45) is -0.840. The fraction of sp³-hybridized carbons (Fsp3) is 0.800. The van der Waals surface area contributed by atoms with E-state index in [2.05, 4.69) is 0 Å². The van der Waals surface area contributed by atoms with Crippen molar-refractivity contribution in [3.63, 3.8) is 0 Å². The molecular formula is C10H14O5S. The number of carbonyl (C=O) groups is 2. The lowest BCUT2D eigenvalue weighted by Gasteiger charge is -2.20. The number of thioether (sulfide) groups is 1. The van der Waals surface area contributed by atoms with Crippen molar-refractivity contribution in [2.45, 2.75) is 44.0 Å². The van der Waals surface area contributed by atoms with E-state index in [1.807, 2.05) is 0 Å². The van der Waals surface area contributed by atoms with Gasteiger partial charge in [-0.15, -0.1) is 0 Å². The summed E-state index contributed by atoms with van der Waals surface area (Å²) in [7, 11) is 0. The number of fused-ring (bicyclic) bond motifs is 1. The maximum absolute atomic E-state index is 11.6. The molecule has 0 aliphatic carbocycles. The fourth-order valence-electron chi connectivity index (χ4n) is 1.85. The first-order chi connectivity index (χ1) is 7.39. The Kier molecular flexibility index (Phi) is 2.98. The van der Waals surface area contributed by atoms with Gasteiger partial charge in [0.05, 0.1) is 5.25 Å². The summed E-state index contributed by atoms with van der Waals surface area (Å²) in [6, 6.07) is 0. The van der Waals surface area contributed by atoms with Crippen LogP contribution >= 0.6 is 11.8 Å². The maximum atomic E-state index is 11.6. The predicted molar refractivity (Wildman–Crippen MR) is 56.8 cm³/mol. The second kappa shape index (κ2) is 4.01. The molecule has 2 rings (SSSR count). The Balaban J connectivity index is 2.02.